The lowest BCUT2D eigenvalue weighted by Gasteiger charge is -2.27. The zero-order valence-corrected chi connectivity index (χ0v) is 13.4. The molecule has 0 atom stereocenters. The number of rotatable bonds is 3. The van der Waals surface area contributed by atoms with Gasteiger partial charge in [-0.25, -0.2) is 4.79 Å². The van der Waals surface area contributed by atoms with Crippen LogP contribution in [0.2, 0.25) is 0 Å². The number of ether oxygens (including phenoxy) is 1. The van der Waals surface area contributed by atoms with Crippen molar-refractivity contribution >= 4 is 17.7 Å². The molecule has 1 aromatic heterocycles. The summed E-state index contributed by atoms with van der Waals surface area (Å²) in [5.41, 5.74) is -0.282. The van der Waals surface area contributed by atoms with E-state index in [-0.39, 0.29) is 5.91 Å². The van der Waals surface area contributed by atoms with E-state index in [0.717, 1.165) is 5.69 Å². The van der Waals surface area contributed by atoms with Gasteiger partial charge in [-0.05, 0) is 53.7 Å². The van der Waals surface area contributed by atoms with Crippen LogP contribution in [0.4, 0.5) is 10.5 Å². The molecule has 0 aliphatic carbocycles. The quantitative estimate of drug-likeness (QED) is 0.897. The fourth-order valence-electron chi connectivity index (χ4n) is 1.53. The minimum absolute atomic E-state index is 0.334. The Morgan fingerprint density at radius 3 is 2.33 bits per heavy atom. The molecule has 0 aliphatic heterocycles. The highest BCUT2D eigenvalue weighted by atomic mass is 16.6. The van der Waals surface area contributed by atoms with Crippen LogP contribution in [0.5, 0.6) is 0 Å². The van der Waals surface area contributed by atoms with Gasteiger partial charge in [-0.15, -0.1) is 0 Å². The number of pyridine rings is 1. The number of nitrogens with one attached hydrogen (secondary N) is 2. The van der Waals surface area contributed by atoms with Gasteiger partial charge in [-0.3, -0.25) is 9.78 Å². The Labute approximate surface area is 125 Å². The second-order valence-electron chi connectivity index (χ2n) is 6.39. The number of nitrogens with zero attached hydrogens (tertiary/aromatic N) is 1. The van der Waals surface area contributed by atoms with E-state index in [9.17, 15) is 9.59 Å². The van der Waals surface area contributed by atoms with E-state index in [1.165, 1.54) is 0 Å². The van der Waals surface area contributed by atoms with E-state index in [4.69, 9.17) is 4.74 Å². The first-order chi connectivity index (χ1) is 9.49. The number of carbonyl (C=O) groups is 2. The molecule has 0 bridgehead atoms. The summed E-state index contributed by atoms with van der Waals surface area (Å²) in [5.74, 6) is -0.334. The van der Waals surface area contributed by atoms with E-state index in [1.807, 2.05) is 6.92 Å². The molecule has 6 heteroatoms. The van der Waals surface area contributed by atoms with Gasteiger partial charge < -0.3 is 15.4 Å². The second-order valence-corrected chi connectivity index (χ2v) is 6.39. The lowest BCUT2D eigenvalue weighted by molar-refractivity contribution is -0.121. The third-order valence-corrected chi connectivity index (χ3v) is 2.54. The molecule has 21 heavy (non-hydrogen) atoms. The molecule has 0 radical (unpaired) electrons. The molecule has 0 fully saturated rings. The maximum Gasteiger partial charge on any atom is 0.408 e. The van der Waals surface area contributed by atoms with Gasteiger partial charge in [0.25, 0.3) is 0 Å². The minimum atomic E-state index is -1.10. The zero-order chi connectivity index (χ0) is 16.3. The Balaban J connectivity index is 2.69. The van der Waals surface area contributed by atoms with Gasteiger partial charge in [0.15, 0.2) is 0 Å². The van der Waals surface area contributed by atoms with Crippen molar-refractivity contribution in [1.82, 2.24) is 10.3 Å². The van der Waals surface area contributed by atoms with E-state index in [0.29, 0.717) is 5.69 Å². The summed E-state index contributed by atoms with van der Waals surface area (Å²) in [6.45, 7) is 10.3. The van der Waals surface area contributed by atoms with Gasteiger partial charge in [0.05, 0.1) is 0 Å². The molecule has 1 aromatic rings. The first kappa shape index (κ1) is 16.9. The summed E-state index contributed by atoms with van der Waals surface area (Å²) in [6.07, 6.45) is 0.979. The van der Waals surface area contributed by atoms with Crippen LogP contribution in [-0.4, -0.2) is 28.1 Å². The van der Waals surface area contributed by atoms with Crippen LogP contribution >= 0.6 is 0 Å². The molecule has 6 nitrogen and oxygen atoms in total. The van der Waals surface area contributed by atoms with Crippen molar-refractivity contribution < 1.29 is 14.3 Å². The van der Waals surface area contributed by atoms with Crippen LogP contribution in [0.1, 0.15) is 40.3 Å². The lowest BCUT2D eigenvalue weighted by atomic mass is 10.0. The lowest BCUT2D eigenvalue weighted by Crippen LogP contribution is -2.53. The molecule has 0 saturated carbocycles. The van der Waals surface area contributed by atoms with E-state index < -0.39 is 17.2 Å². The van der Waals surface area contributed by atoms with Crippen molar-refractivity contribution in [3.63, 3.8) is 0 Å². The van der Waals surface area contributed by atoms with Gasteiger partial charge in [0, 0.05) is 17.6 Å². The molecular weight excluding hydrogens is 270 g/mol. The van der Waals surface area contributed by atoms with E-state index in [1.54, 1.807) is 52.9 Å². The first-order valence-corrected chi connectivity index (χ1v) is 6.75. The summed E-state index contributed by atoms with van der Waals surface area (Å²) in [6, 6.07) is 3.44. The van der Waals surface area contributed by atoms with E-state index in [2.05, 4.69) is 15.6 Å². The molecule has 0 unspecified atom stereocenters. The number of anilines is 1. The maximum absolute atomic E-state index is 12.2. The molecule has 116 valence electrons. The van der Waals surface area contributed by atoms with Crippen LogP contribution in [0.25, 0.3) is 0 Å². The molecule has 2 N–H and O–H groups in total. The minimum Gasteiger partial charge on any atom is -0.444 e. The van der Waals surface area contributed by atoms with E-state index >= 15 is 0 Å². The van der Waals surface area contributed by atoms with Crippen LogP contribution in [0, 0.1) is 6.92 Å². The summed E-state index contributed by atoms with van der Waals surface area (Å²) in [4.78, 5) is 28.1. The fourth-order valence-corrected chi connectivity index (χ4v) is 1.53. The average molecular weight is 293 g/mol. The van der Waals surface area contributed by atoms with Crippen molar-refractivity contribution in [2.24, 2.45) is 0 Å². The molecule has 1 rings (SSSR count). The van der Waals surface area contributed by atoms with Gasteiger partial charge in [0.2, 0.25) is 5.91 Å². The molecular formula is C15H23N3O3. The Hall–Kier alpha value is -2.11. The molecule has 0 aliphatic rings. The monoisotopic (exact) mass is 293 g/mol. The number of aryl methyl sites for hydroxylation is 1. The maximum atomic E-state index is 12.2. The Kier molecular flexibility index (Phi) is 4.93. The second kappa shape index (κ2) is 6.11. The van der Waals surface area contributed by atoms with Crippen LogP contribution in [0.3, 0.4) is 0 Å². The molecule has 0 aromatic carbocycles. The summed E-state index contributed by atoms with van der Waals surface area (Å²) in [5, 5.41) is 5.30. The normalized spacial score (nSPS) is 11.7. The van der Waals surface area contributed by atoms with Gasteiger partial charge in [0.1, 0.15) is 11.1 Å². The number of amides is 2. The Morgan fingerprint density at radius 1 is 1.19 bits per heavy atom. The van der Waals surface area contributed by atoms with Crippen molar-refractivity contribution in [3.8, 4) is 0 Å². The first-order valence-electron chi connectivity index (χ1n) is 6.75. The largest absolute Gasteiger partial charge is 0.444 e. The van der Waals surface area contributed by atoms with Crippen molar-refractivity contribution in [3.05, 3.63) is 24.0 Å². The van der Waals surface area contributed by atoms with Gasteiger partial charge in [-0.2, -0.15) is 0 Å². The van der Waals surface area contributed by atoms with Crippen molar-refractivity contribution in [2.75, 3.05) is 5.32 Å². The smallest absolute Gasteiger partial charge is 0.408 e. The number of hydrogen-bond acceptors (Lipinski definition) is 4. The number of hydrogen-bond donors (Lipinski definition) is 2. The Morgan fingerprint density at radius 2 is 1.81 bits per heavy atom. The Bertz CT molecular complexity index is 533. The van der Waals surface area contributed by atoms with Crippen LogP contribution in [-0.2, 0) is 9.53 Å². The van der Waals surface area contributed by atoms with Crippen molar-refractivity contribution in [2.45, 2.75) is 52.7 Å². The predicted molar refractivity (Wildman–Crippen MR) is 81.1 cm³/mol. The third-order valence-electron chi connectivity index (χ3n) is 2.54. The summed E-state index contributed by atoms with van der Waals surface area (Å²) >= 11 is 0. The molecule has 0 saturated heterocycles. The third kappa shape index (κ3) is 5.81. The molecule has 2 amide bonds. The highest BCUT2D eigenvalue weighted by Gasteiger charge is 2.31. The standard InChI is InChI=1S/C15H23N3O3/c1-10-9-11(7-8-16-10)17-12(19)15(5,6)18-13(20)21-14(2,3)4/h7-9H,1-6H3,(H,18,20)(H,16,17,19). The van der Waals surface area contributed by atoms with Gasteiger partial charge >= 0.3 is 6.09 Å². The number of alkyl carbamates (subject to hydrolysis) is 1. The average Bonchev–Trinajstić information content (AvgIpc) is 2.24. The fraction of sp³-hybridized carbons (Fsp3) is 0.533. The number of carbonyl (C=O) groups excluding carboxylic acids is 2. The van der Waals surface area contributed by atoms with Crippen LogP contribution in [0.15, 0.2) is 18.3 Å². The van der Waals surface area contributed by atoms with Crippen LogP contribution < -0.4 is 10.6 Å². The number of aromatic nitrogens is 1. The summed E-state index contributed by atoms with van der Waals surface area (Å²) < 4.78 is 5.15. The molecule has 0 spiro atoms. The highest BCUT2D eigenvalue weighted by molar-refractivity contribution is 5.99. The summed E-state index contributed by atoms with van der Waals surface area (Å²) in [7, 11) is 0. The molecule has 1 heterocycles. The SMILES string of the molecule is Cc1cc(NC(=O)C(C)(C)NC(=O)OC(C)(C)C)ccn1. The van der Waals surface area contributed by atoms with Crippen molar-refractivity contribution in [1.29, 1.82) is 0 Å². The zero-order valence-electron chi connectivity index (χ0n) is 13.4. The van der Waals surface area contributed by atoms with Gasteiger partial charge in [-0.1, -0.05) is 0 Å². The highest BCUT2D eigenvalue weighted by Crippen LogP contribution is 2.13. The topological polar surface area (TPSA) is 80.3 Å². The predicted octanol–water partition coefficient (Wildman–Crippen LogP) is 2.63.